The Balaban J connectivity index is 1.86. The highest BCUT2D eigenvalue weighted by Crippen LogP contribution is 2.35. The number of nitrogens with zero attached hydrogens (tertiary/aromatic N) is 5. The number of halogens is 4. The molecule has 14 heteroatoms. The minimum atomic E-state index is -3.98. The van der Waals surface area contributed by atoms with Crippen molar-refractivity contribution in [3.05, 3.63) is 88.1 Å². The molecule has 0 unspecified atom stereocenters. The molecule has 0 aliphatic carbocycles. The van der Waals surface area contributed by atoms with E-state index in [1.54, 1.807) is 16.7 Å². The van der Waals surface area contributed by atoms with Crippen molar-refractivity contribution >= 4 is 44.2 Å². The molecule has 0 spiro atoms. The van der Waals surface area contributed by atoms with Gasteiger partial charge in [0.2, 0.25) is 5.91 Å². The van der Waals surface area contributed by atoms with Gasteiger partial charge < -0.3 is 9.80 Å². The number of para-hydroxylation sites is 1. The average molecular weight is 618 g/mol. The van der Waals surface area contributed by atoms with Crippen LogP contribution in [-0.2, 0) is 14.6 Å². The monoisotopic (exact) mass is 617 g/mol. The van der Waals surface area contributed by atoms with E-state index in [2.05, 4.69) is 16.5 Å². The van der Waals surface area contributed by atoms with Crippen LogP contribution in [0.4, 0.5) is 19.0 Å². The second-order valence-corrected chi connectivity index (χ2v) is 12.1. The van der Waals surface area contributed by atoms with Gasteiger partial charge in [-0.3, -0.25) is 4.79 Å². The van der Waals surface area contributed by atoms with Crippen molar-refractivity contribution in [2.24, 2.45) is 0 Å². The molecule has 0 radical (unpaired) electrons. The van der Waals surface area contributed by atoms with Crippen LogP contribution >= 0.6 is 11.6 Å². The van der Waals surface area contributed by atoms with Crippen molar-refractivity contribution in [2.75, 3.05) is 30.8 Å². The molecule has 0 N–H and O–H groups in total. The maximum Gasteiger partial charge on any atom is 0.355 e. The molecular weight excluding hydrogens is 595 g/mol. The first kappa shape index (κ1) is 29.3. The molecule has 1 aliphatic heterocycles. The van der Waals surface area contributed by atoms with Gasteiger partial charge in [0.15, 0.2) is 21.3 Å². The van der Waals surface area contributed by atoms with Gasteiger partial charge in [-0.1, -0.05) is 30.3 Å². The van der Waals surface area contributed by atoms with Crippen LogP contribution in [0.15, 0.2) is 64.8 Å². The van der Waals surface area contributed by atoms with Crippen LogP contribution in [-0.4, -0.2) is 65.7 Å². The summed E-state index contributed by atoms with van der Waals surface area (Å²) in [6.07, 6.45) is 2.10. The summed E-state index contributed by atoms with van der Waals surface area (Å²) in [4.78, 5) is 37.2. The van der Waals surface area contributed by atoms with Gasteiger partial charge in [0.05, 0.1) is 26.6 Å². The molecule has 42 heavy (non-hydrogen) atoms. The second-order valence-electron chi connectivity index (χ2n) is 9.73. The number of fused-ring (bicyclic) bond motifs is 1. The van der Waals surface area contributed by atoms with Crippen LogP contribution in [0, 0.1) is 17.5 Å². The lowest BCUT2D eigenvalue weighted by Gasteiger charge is -2.40. The van der Waals surface area contributed by atoms with E-state index in [1.165, 1.54) is 24.3 Å². The zero-order valence-electron chi connectivity index (χ0n) is 22.3. The molecule has 3 heterocycles. The first-order valence-corrected chi connectivity index (χ1v) is 14.8. The van der Waals surface area contributed by atoms with Gasteiger partial charge in [-0.2, -0.15) is 4.98 Å². The number of carbonyl (C=O) groups excluding carboxylic acids is 1. The number of anilines is 1. The van der Waals surface area contributed by atoms with E-state index in [4.69, 9.17) is 11.6 Å². The highest BCUT2D eigenvalue weighted by atomic mass is 35.5. The summed E-state index contributed by atoms with van der Waals surface area (Å²) in [6.45, 7) is 5.92. The quantitative estimate of drug-likeness (QED) is 0.310. The number of rotatable bonds is 5. The zero-order chi connectivity index (χ0) is 30.5. The van der Waals surface area contributed by atoms with Crippen molar-refractivity contribution in [1.29, 1.82) is 0 Å². The van der Waals surface area contributed by atoms with Crippen LogP contribution in [0.2, 0.25) is 5.02 Å². The Labute approximate surface area is 243 Å². The molecule has 4 aromatic rings. The van der Waals surface area contributed by atoms with Crippen molar-refractivity contribution < 1.29 is 26.4 Å². The Hall–Kier alpha value is -4.23. The predicted octanol–water partition coefficient (Wildman–Crippen LogP) is 4.15. The topological polar surface area (TPSA) is 105 Å². The predicted molar refractivity (Wildman–Crippen MR) is 152 cm³/mol. The number of benzene rings is 2. The molecule has 5 rings (SSSR count). The van der Waals surface area contributed by atoms with Crippen LogP contribution < -0.4 is 10.6 Å². The number of amides is 1. The smallest absolute Gasteiger partial charge is 0.350 e. The van der Waals surface area contributed by atoms with E-state index in [9.17, 15) is 26.8 Å². The Morgan fingerprint density at radius 1 is 1.07 bits per heavy atom. The van der Waals surface area contributed by atoms with E-state index in [1.807, 2.05) is 0 Å². The number of aromatic nitrogens is 3. The molecule has 0 saturated carbocycles. The summed E-state index contributed by atoms with van der Waals surface area (Å²) < 4.78 is 71.5. The molecule has 9 nitrogen and oxygen atoms in total. The van der Waals surface area contributed by atoms with Crippen molar-refractivity contribution in [2.45, 2.75) is 17.9 Å². The fourth-order valence-corrected chi connectivity index (χ4v) is 6.23. The van der Waals surface area contributed by atoms with Crippen LogP contribution in [0.1, 0.15) is 6.92 Å². The Morgan fingerprint density at radius 2 is 1.74 bits per heavy atom. The van der Waals surface area contributed by atoms with E-state index in [-0.39, 0.29) is 58.0 Å². The molecular formula is C28H23ClF3N5O4S. The first-order chi connectivity index (χ1) is 19.8. The molecule has 1 atom stereocenters. The molecule has 2 aromatic heterocycles. The molecule has 1 aliphatic rings. The second kappa shape index (κ2) is 10.9. The van der Waals surface area contributed by atoms with Crippen LogP contribution in [0.5, 0.6) is 0 Å². The number of hydrogen-bond donors (Lipinski definition) is 0. The van der Waals surface area contributed by atoms with E-state index < -0.39 is 50.3 Å². The summed E-state index contributed by atoms with van der Waals surface area (Å²) in [6, 6.07) is 7.42. The SMILES string of the molecule is C=CC(=O)N1CCN(c2nc(=O)n(-c3c(Cl)cccc3S(C)(=O)=O)c3nc(-c4c(F)cccc4F)c(F)cc23)[C@@H](C)C1. The van der Waals surface area contributed by atoms with Gasteiger partial charge in [0.1, 0.15) is 23.1 Å². The lowest BCUT2D eigenvalue weighted by molar-refractivity contribution is -0.126. The lowest BCUT2D eigenvalue weighted by Crippen LogP contribution is -2.54. The van der Waals surface area contributed by atoms with Gasteiger partial charge in [0, 0.05) is 31.9 Å². The minimum Gasteiger partial charge on any atom is -0.350 e. The molecule has 2 aromatic carbocycles. The third kappa shape index (κ3) is 5.02. The van der Waals surface area contributed by atoms with Crippen molar-refractivity contribution in [3.63, 3.8) is 0 Å². The number of sulfone groups is 1. The number of carbonyl (C=O) groups is 1. The fourth-order valence-electron chi connectivity index (χ4n) is 5.04. The summed E-state index contributed by atoms with van der Waals surface area (Å²) in [5.41, 5.74) is -3.18. The molecule has 218 valence electrons. The molecule has 1 saturated heterocycles. The van der Waals surface area contributed by atoms with E-state index in [0.717, 1.165) is 35.1 Å². The summed E-state index contributed by atoms with van der Waals surface area (Å²) in [7, 11) is -3.98. The maximum absolute atomic E-state index is 15.7. The van der Waals surface area contributed by atoms with Crippen molar-refractivity contribution in [1.82, 2.24) is 19.4 Å². The summed E-state index contributed by atoms with van der Waals surface area (Å²) in [5, 5.41) is -0.215. The fraction of sp³-hybridized carbons (Fsp3) is 0.214. The Kier molecular flexibility index (Phi) is 7.58. The summed E-state index contributed by atoms with van der Waals surface area (Å²) >= 11 is 6.42. The maximum atomic E-state index is 15.7. The zero-order valence-corrected chi connectivity index (χ0v) is 23.9. The van der Waals surface area contributed by atoms with Gasteiger partial charge in [-0.05, 0) is 43.3 Å². The molecule has 1 fully saturated rings. The number of hydrogen-bond acceptors (Lipinski definition) is 7. The van der Waals surface area contributed by atoms with Gasteiger partial charge in [-0.15, -0.1) is 0 Å². The highest BCUT2D eigenvalue weighted by molar-refractivity contribution is 7.90. The highest BCUT2D eigenvalue weighted by Gasteiger charge is 2.31. The minimum absolute atomic E-state index is 0.00985. The van der Waals surface area contributed by atoms with Gasteiger partial charge in [0.25, 0.3) is 0 Å². The van der Waals surface area contributed by atoms with Crippen LogP contribution in [0.25, 0.3) is 28.0 Å². The van der Waals surface area contributed by atoms with E-state index in [0.29, 0.717) is 0 Å². The average Bonchev–Trinajstić information content (AvgIpc) is 2.92. The first-order valence-electron chi connectivity index (χ1n) is 12.6. The largest absolute Gasteiger partial charge is 0.355 e. The van der Waals surface area contributed by atoms with Gasteiger partial charge >= 0.3 is 5.69 Å². The van der Waals surface area contributed by atoms with E-state index >= 15 is 4.39 Å². The third-order valence-electron chi connectivity index (χ3n) is 6.96. The normalized spacial score (nSPS) is 15.7. The summed E-state index contributed by atoms with van der Waals surface area (Å²) in [5.74, 6) is -3.61. The molecule has 1 amide bonds. The molecule has 0 bridgehead atoms. The Morgan fingerprint density at radius 3 is 2.36 bits per heavy atom. The van der Waals surface area contributed by atoms with Crippen molar-refractivity contribution in [3.8, 4) is 16.9 Å². The standard InChI is InChI=1S/C28H23ClF3N5O4S/c1-4-22(38)35-11-12-36(15(2)14-35)26-16-13-20(32)24(23-18(30)8-6-9-19(23)31)33-27(16)37(28(39)34-26)25-17(29)7-5-10-21(25)42(3,40)41/h4-10,13,15H,1,11-12,14H2,2-3H3/t15-/m0/s1. The van der Waals surface area contributed by atoms with Crippen LogP contribution in [0.3, 0.4) is 0 Å². The number of pyridine rings is 1. The Bertz CT molecular complexity index is 1930. The third-order valence-corrected chi connectivity index (χ3v) is 8.39. The van der Waals surface area contributed by atoms with Gasteiger partial charge in [-0.25, -0.2) is 35.9 Å². The lowest BCUT2D eigenvalue weighted by atomic mass is 10.1. The number of piperazine rings is 1.